The lowest BCUT2D eigenvalue weighted by Crippen LogP contribution is -2.07. The number of nitrogens with zero attached hydrogens (tertiary/aromatic N) is 2. The molecule has 1 N–H and O–H groups in total. The number of benzene rings is 1. The van der Waals surface area contributed by atoms with Crippen molar-refractivity contribution in [3.63, 3.8) is 0 Å². The standard InChI is InChI=1S/C13H10N2O3/c16-11(8-12(17)18)9-3-1-4-10(7-9)13-14-5-2-6-15-13/h1-7H,8H2,(H,17,18). The molecule has 0 aliphatic heterocycles. The van der Waals surface area contributed by atoms with Crippen LogP contribution in [0.25, 0.3) is 11.4 Å². The number of aliphatic carboxylic acids is 1. The van der Waals surface area contributed by atoms with Crippen LogP contribution in [0.4, 0.5) is 0 Å². The monoisotopic (exact) mass is 242 g/mol. The molecule has 0 saturated heterocycles. The van der Waals surface area contributed by atoms with Crippen LogP contribution >= 0.6 is 0 Å². The van der Waals surface area contributed by atoms with Gasteiger partial charge < -0.3 is 5.11 Å². The van der Waals surface area contributed by atoms with E-state index in [-0.39, 0.29) is 0 Å². The van der Waals surface area contributed by atoms with Crippen molar-refractivity contribution in [2.45, 2.75) is 6.42 Å². The van der Waals surface area contributed by atoms with Gasteiger partial charge in [-0.05, 0) is 12.1 Å². The van der Waals surface area contributed by atoms with Gasteiger partial charge in [-0.1, -0.05) is 18.2 Å². The van der Waals surface area contributed by atoms with E-state index in [4.69, 9.17) is 5.11 Å². The van der Waals surface area contributed by atoms with Crippen molar-refractivity contribution in [3.8, 4) is 11.4 Å². The molecule has 2 rings (SSSR count). The Labute approximate surface area is 103 Å². The first kappa shape index (κ1) is 11.9. The first-order chi connectivity index (χ1) is 8.66. The van der Waals surface area contributed by atoms with Gasteiger partial charge in [0.1, 0.15) is 6.42 Å². The zero-order valence-electron chi connectivity index (χ0n) is 9.41. The Morgan fingerprint density at radius 1 is 1.11 bits per heavy atom. The minimum atomic E-state index is -1.14. The zero-order valence-corrected chi connectivity index (χ0v) is 9.41. The maximum atomic E-state index is 11.6. The quantitative estimate of drug-likeness (QED) is 0.653. The minimum Gasteiger partial charge on any atom is -0.481 e. The zero-order chi connectivity index (χ0) is 13.0. The van der Waals surface area contributed by atoms with E-state index in [1.54, 1.807) is 42.7 Å². The van der Waals surface area contributed by atoms with Gasteiger partial charge in [0, 0.05) is 23.5 Å². The molecule has 5 nitrogen and oxygen atoms in total. The summed E-state index contributed by atoms with van der Waals surface area (Å²) in [6.45, 7) is 0. The highest BCUT2D eigenvalue weighted by Gasteiger charge is 2.11. The van der Waals surface area contributed by atoms with Crippen LogP contribution in [0.2, 0.25) is 0 Å². The number of ketones is 1. The van der Waals surface area contributed by atoms with Crippen LogP contribution in [0.5, 0.6) is 0 Å². The normalized spacial score (nSPS) is 10.0. The first-order valence-corrected chi connectivity index (χ1v) is 5.29. The molecule has 1 aromatic heterocycles. The lowest BCUT2D eigenvalue weighted by molar-refractivity contribution is -0.135. The van der Waals surface area contributed by atoms with Crippen LogP contribution in [0.3, 0.4) is 0 Å². The van der Waals surface area contributed by atoms with Gasteiger partial charge in [-0.25, -0.2) is 9.97 Å². The Kier molecular flexibility index (Phi) is 3.43. The lowest BCUT2D eigenvalue weighted by atomic mass is 10.0. The molecule has 0 amide bonds. The van der Waals surface area contributed by atoms with E-state index in [1.807, 2.05) is 0 Å². The molecule has 1 heterocycles. The molecular formula is C13H10N2O3. The van der Waals surface area contributed by atoms with Crippen molar-refractivity contribution in [3.05, 3.63) is 48.3 Å². The Balaban J connectivity index is 2.31. The Morgan fingerprint density at radius 2 is 1.83 bits per heavy atom. The highest BCUT2D eigenvalue weighted by Crippen LogP contribution is 2.16. The molecule has 5 heteroatoms. The fourth-order valence-electron chi connectivity index (χ4n) is 1.52. The van der Waals surface area contributed by atoms with E-state index < -0.39 is 18.2 Å². The van der Waals surface area contributed by atoms with Crippen molar-refractivity contribution in [2.24, 2.45) is 0 Å². The summed E-state index contributed by atoms with van der Waals surface area (Å²) in [7, 11) is 0. The summed E-state index contributed by atoms with van der Waals surface area (Å²) in [4.78, 5) is 30.3. The maximum Gasteiger partial charge on any atom is 0.311 e. The third-order valence-electron chi connectivity index (χ3n) is 2.32. The first-order valence-electron chi connectivity index (χ1n) is 5.29. The number of hydrogen-bond donors (Lipinski definition) is 1. The highest BCUT2D eigenvalue weighted by molar-refractivity contribution is 6.05. The molecule has 0 fully saturated rings. The smallest absolute Gasteiger partial charge is 0.311 e. The minimum absolute atomic E-state index is 0.349. The summed E-state index contributed by atoms with van der Waals surface area (Å²) >= 11 is 0. The van der Waals surface area contributed by atoms with Gasteiger partial charge in [0.05, 0.1) is 0 Å². The molecule has 0 radical (unpaired) electrons. The van der Waals surface area contributed by atoms with Crippen molar-refractivity contribution >= 4 is 11.8 Å². The number of carboxylic acid groups (broad SMARTS) is 1. The van der Waals surface area contributed by atoms with E-state index in [2.05, 4.69) is 9.97 Å². The van der Waals surface area contributed by atoms with E-state index >= 15 is 0 Å². The molecule has 0 spiro atoms. The number of carbonyl (C=O) groups is 2. The average molecular weight is 242 g/mol. The molecule has 0 atom stereocenters. The van der Waals surface area contributed by atoms with Crippen LogP contribution in [-0.2, 0) is 4.79 Å². The number of Topliss-reactive ketones (excluding diaryl/α,β-unsaturated/α-hetero) is 1. The highest BCUT2D eigenvalue weighted by atomic mass is 16.4. The second kappa shape index (κ2) is 5.18. The molecule has 0 bridgehead atoms. The summed E-state index contributed by atoms with van der Waals surface area (Å²) in [6.07, 6.45) is 2.70. The van der Waals surface area contributed by atoms with Crippen molar-refractivity contribution in [1.82, 2.24) is 9.97 Å². The van der Waals surface area contributed by atoms with Crippen molar-refractivity contribution in [1.29, 1.82) is 0 Å². The second-order valence-electron chi connectivity index (χ2n) is 3.65. The summed E-state index contributed by atoms with van der Waals surface area (Å²) in [6, 6.07) is 8.33. The second-order valence-corrected chi connectivity index (χ2v) is 3.65. The maximum absolute atomic E-state index is 11.6. The SMILES string of the molecule is O=C(O)CC(=O)c1cccc(-c2ncccn2)c1. The fraction of sp³-hybridized carbons (Fsp3) is 0.0769. The van der Waals surface area contributed by atoms with Crippen molar-refractivity contribution in [2.75, 3.05) is 0 Å². The lowest BCUT2D eigenvalue weighted by Gasteiger charge is -2.02. The molecule has 2 aromatic rings. The van der Waals surface area contributed by atoms with Crippen LogP contribution in [-0.4, -0.2) is 26.8 Å². The van der Waals surface area contributed by atoms with Crippen LogP contribution in [0, 0.1) is 0 Å². The Bertz CT molecular complexity index is 582. The number of aromatic nitrogens is 2. The predicted molar refractivity (Wildman–Crippen MR) is 64.1 cm³/mol. The van der Waals surface area contributed by atoms with E-state index in [0.29, 0.717) is 17.0 Å². The van der Waals surface area contributed by atoms with Crippen molar-refractivity contribution < 1.29 is 14.7 Å². The van der Waals surface area contributed by atoms with Gasteiger partial charge in [-0.3, -0.25) is 9.59 Å². The molecule has 0 unspecified atom stereocenters. The fourth-order valence-corrected chi connectivity index (χ4v) is 1.52. The molecular weight excluding hydrogens is 232 g/mol. The number of hydrogen-bond acceptors (Lipinski definition) is 4. The Morgan fingerprint density at radius 3 is 2.50 bits per heavy atom. The van der Waals surface area contributed by atoms with Gasteiger partial charge in [0.15, 0.2) is 11.6 Å². The summed E-state index contributed by atoms with van der Waals surface area (Å²) in [5.74, 6) is -1.07. The van der Waals surface area contributed by atoms with Crippen LogP contribution in [0.1, 0.15) is 16.8 Å². The summed E-state index contributed by atoms with van der Waals surface area (Å²) in [5, 5.41) is 8.59. The molecule has 90 valence electrons. The Hall–Kier alpha value is -2.56. The molecule has 1 aromatic carbocycles. The van der Waals surface area contributed by atoms with Gasteiger partial charge in [-0.15, -0.1) is 0 Å². The largest absolute Gasteiger partial charge is 0.481 e. The summed E-state index contributed by atoms with van der Waals surface area (Å²) < 4.78 is 0. The third kappa shape index (κ3) is 2.76. The molecule has 18 heavy (non-hydrogen) atoms. The molecule has 0 aliphatic rings. The predicted octanol–water partition coefficient (Wildman–Crippen LogP) is 1.80. The number of rotatable bonds is 4. The van der Waals surface area contributed by atoms with Crippen LogP contribution in [0.15, 0.2) is 42.7 Å². The van der Waals surface area contributed by atoms with Gasteiger partial charge >= 0.3 is 5.97 Å². The molecule has 0 aliphatic carbocycles. The number of carbonyl (C=O) groups excluding carboxylic acids is 1. The van der Waals surface area contributed by atoms with E-state index in [9.17, 15) is 9.59 Å². The van der Waals surface area contributed by atoms with E-state index in [1.165, 1.54) is 0 Å². The average Bonchev–Trinajstić information content (AvgIpc) is 2.39. The van der Waals surface area contributed by atoms with E-state index in [0.717, 1.165) is 0 Å². The summed E-state index contributed by atoms with van der Waals surface area (Å²) in [5.41, 5.74) is 1.04. The number of carboxylic acids is 1. The third-order valence-corrected chi connectivity index (χ3v) is 2.32. The molecule has 0 saturated carbocycles. The van der Waals surface area contributed by atoms with Gasteiger partial charge in [0.25, 0.3) is 0 Å². The van der Waals surface area contributed by atoms with Gasteiger partial charge in [-0.2, -0.15) is 0 Å². The van der Waals surface area contributed by atoms with Crippen LogP contribution < -0.4 is 0 Å². The van der Waals surface area contributed by atoms with Gasteiger partial charge in [0.2, 0.25) is 0 Å². The topological polar surface area (TPSA) is 80.1 Å².